The molecule has 0 unspecified atom stereocenters. The van der Waals surface area contributed by atoms with Gasteiger partial charge in [-0.1, -0.05) is 128 Å². The van der Waals surface area contributed by atoms with E-state index in [0.717, 1.165) is 25.7 Å². The first-order valence-electron chi connectivity index (χ1n) is 19.0. The van der Waals surface area contributed by atoms with Crippen molar-refractivity contribution in [1.29, 1.82) is 0 Å². The van der Waals surface area contributed by atoms with Gasteiger partial charge < -0.3 is 0 Å². The Morgan fingerprint density at radius 2 is 0.820 bits per heavy atom. The first-order valence-corrected chi connectivity index (χ1v) is 19.0. The maximum Gasteiger partial charge on any atom is 0.0215 e. The summed E-state index contributed by atoms with van der Waals surface area (Å²) in [6.45, 7) is 0. The standard InChI is InChI=1S/C50H38/c1-2-26-50(27-3-1)44-28-36(38-20-14-34-12-10-30-6-4-8-32-16-24-42(38)48(34)46(30)32)18-22-40(44)41-23-19-37(29-45(41)50)39-21-15-35-13-11-31-7-5-9-33-17-25-43(39)49(35)47(31)33/h4-9,14-25,28-29H,1-3,10-13,26-27H2. The van der Waals surface area contributed by atoms with Crippen molar-refractivity contribution < 1.29 is 0 Å². The summed E-state index contributed by atoms with van der Waals surface area (Å²) in [7, 11) is 0. The molecule has 0 nitrogen and oxygen atoms in total. The highest BCUT2D eigenvalue weighted by atomic mass is 14.5. The lowest BCUT2D eigenvalue weighted by atomic mass is 9.67. The Bertz CT molecular complexity index is 2600. The predicted octanol–water partition coefficient (Wildman–Crippen LogP) is 13.1. The van der Waals surface area contributed by atoms with E-state index in [1.54, 1.807) is 11.1 Å². The van der Waals surface area contributed by atoms with Crippen LogP contribution in [0.3, 0.4) is 0 Å². The summed E-state index contributed by atoms with van der Waals surface area (Å²) >= 11 is 0. The van der Waals surface area contributed by atoms with Crippen molar-refractivity contribution in [1.82, 2.24) is 0 Å². The summed E-state index contributed by atoms with van der Waals surface area (Å²) in [6.07, 6.45) is 11.0. The molecule has 1 spiro atoms. The third-order valence-corrected chi connectivity index (χ3v) is 13.4. The van der Waals surface area contributed by atoms with Crippen LogP contribution in [0.25, 0.3) is 76.5 Å². The molecule has 0 saturated heterocycles. The van der Waals surface area contributed by atoms with Crippen LogP contribution in [0.2, 0.25) is 0 Å². The van der Waals surface area contributed by atoms with E-state index in [-0.39, 0.29) is 5.41 Å². The number of aryl methyl sites for hydroxylation is 4. The second-order valence-electron chi connectivity index (χ2n) is 15.7. The van der Waals surface area contributed by atoms with E-state index in [4.69, 9.17) is 0 Å². The van der Waals surface area contributed by atoms with Crippen LogP contribution in [0.15, 0.2) is 121 Å². The molecule has 4 aliphatic carbocycles. The van der Waals surface area contributed by atoms with Gasteiger partial charge in [0, 0.05) is 5.41 Å². The minimum atomic E-state index is 0.0804. The molecule has 0 atom stereocenters. The summed E-state index contributed by atoms with van der Waals surface area (Å²) in [4.78, 5) is 0. The van der Waals surface area contributed by atoms with E-state index in [2.05, 4.69) is 121 Å². The van der Waals surface area contributed by atoms with E-state index in [9.17, 15) is 0 Å². The molecule has 50 heavy (non-hydrogen) atoms. The lowest BCUT2D eigenvalue weighted by Gasteiger charge is -2.36. The van der Waals surface area contributed by atoms with Gasteiger partial charge in [0.15, 0.2) is 0 Å². The Hall–Kier alpha value is -5.20. The van der Waals surface area contributed by atoms with Crippen LogP contribution in [0.5, 0.6) is 0 Å². The zero-order valence-electron chi connectivity index (χ0n) is 28.4. The van der Waals surface area contributed by atoms with Crippen molar-refractivity contribution in [2.75, 3.05) is 0 Å². The number of hydrogen-bond acceptors (Lipinski definition) is 0. The quantitative estimate of drug-likeness (QED) is 0.165. The van der Waals surface area contributed by atoms with Crippen molar-refractivity contribution in [3.8, 4) is 33.4 Å². The molecule has 0 aliphatic heterocycles. The fraction of sp³-hybridized carbons (Fsp3) is 0.200. The van der Waals surface area contributed by atoms with Crippen LogP contribution in [0.1, 0.15) is 65.5 Å². The maximum absolute atomic E-state index is 2.61. The van der Waals surface area contributed by atoms with Crippen LogP contribution in [-0.2, 0) is 31.1 Å². The third-order valence-electron chi connectivity index (χ3n) is 13.4. The molecule has 0 aromatic heterocycles. The van der Waals surface area contributed by atoms with Crippen LogP contribution < -0.4 is 0 Å². The highest BCUT2D eigenvalue weighted by molar-refractivity contribution is 6.17. The van der Waals surface area contributed by atoms with Gasteiger partial charge in [-0.05, 0) is 161 Å². The Morgan fingerprint density at radius 3 is 1.32 bits per heavy atom. The first-order chi connectivity index (χ1) is 24.7. The zero-order valence-corrected chi connectivity index (χ0v) is 28.4. The van der Waals surface area contributed by atoms with Crippen LogP contribution in [0, 0.1) is 0 Å². The van der Waals surface area contributed by atoms with Gasteiger partial charge in [-0.15, -0.1) is 0 Å². The highest BCUT2D eigenvalue weighted by Crippen LogP contribution is 2.57. The molecule has 1 saturated carbocycles. The Labute approximate surface area is 293 Å². The van der Waals surface area contributed by atoms with Gasteiger partial charge in [-0.2, -0.15) is 0 Å². The Kier molecular flexibility index (Phi) is 5.49. The summed E-state index contributed by atoms with van der Waals surface area (Å²) < 4.78 is 0. The molecule has 0 bridgehead atoms. The third kappa shape index (κ3) is 3.57. The molecule has 0 radical (unpaired) electrons. The Balaban J connectivity index is 1.04. The van der Waals surface area contributed by atoms with Gasteiger partial charge in [-0.25, -0.2) is 0 Å². The van der Waals surface area contributed by atoms with Gasteiger partial charge in [0.1, 0.15) is 0 Å². The zero-order chi connectivity index (χ0) is 32.6. The second kappa shape index (κ2) is 9.95. The molecule has 0 amide bonds. The van der Waals surface area contributed by atoms with Crippen LogP contribution in [0.4, 0.5) is 0 Å². The lowest BCUT2D eigenvalue weighted by Crippen LogP contribution is -2.28. The van der Waals surface area contributed by atoms with Gasteiger partial charge >= 0.3 is 0 Å². The predicted molar refractivity (Wildman–Crippen MR) is 211 cm³/mol. The molecular formula is C50H38. The first kappa shape index (κ1) is 27.6. The van der Waals surface area contributed by atoms with E-state index in [1.165, 1.54) is 131 Å². The number of fused-ring (bicyclic) bond motifs is 5. The van der Waals surface area contributed by atoms with Gasteiger partial charge in [-0.3, -0.25) is 0 Å². The number of benzene rings is 8. The van der Waals surface area contributed by atoms with Crippen molar-refractivity contribution in [3.05, 3.63) is 155 Å². The van der Waals surface area contributed by atoms with Crippen molar-refractivity contribution >= 4 is 43.1 Å². The van der Waals surface area contributed by atoms with Crippen molar-refractivity contribution in [3.63, 3.8) is 0 Å². The van der Waals surface area contributed by atoms with Crippen LogP contribution in [-0.4, -0.2) is 0 Å². The van der Waals surface area contributed by atoms with E-state index in [1.807, 2.05) is 0 Å². The summed E-state index contributed by atoms with van der Waals surface area (Å²) in [6, 6.07) is 47.9. The van der Waals surface area contributed by atoms with E-state index < -0.39 is 0 Å². The van der Waals surface area contributed by atoms with Gasteiger partial charge in [0.05, 0.1) is 0 Å². The fourth-order valence-electron chi connectivity index (χ4n) is 11.1. The summed E-state index contributed by atoms with van der Waals surface area (Å²) in [5, 5.41) is 11.5. The minimum Gasteiger partial charge on any atom is -0.0614 e. The second-order valence-corrected chi connectivity index (χ2v) is 15.7. The monoisotopic (exact) mass is 638 g/mol. The molecule has 12 rings (SSSR count). The Morgan fingerprint density at radius 1 is 0.360 bits per heavy atom. The molecule has 238 valence electrons. The molecule has 0 N–H and O–H groups in total. The topological polar surface area (TPSA) is 0 Å². The average Bonchev–Trinajstić information content (AvgIpc) is 3.43. The molecule has 0 heterocycles. The van der Waals surface area contributed by atoms with Crippen LogP contribution >= 0.6 is 0 Å². The van der Waals surface area contributed by atoms with Crippen molar-refractivity contribution in [2.45, 2.75) is 63.2 Å². The summed E-state index contributed by atoms with van der Waals surface area (Å²) in [5.74, 6) is 0. The maximum atomic E-state index is 2.61. The van der Waals surface area contributed by atoms with E-state index >= 15 is 0 Å². The molecule has 8 aromatic carbocycles. The van der Waals surface area contributed by atoms with Crippen molar-refractivity contribution in [2.24, 2.45) is 0 Å². The number of rotatable bonds is 2. The molecule has 4 aliphatic rings. The molecule has 0 heteroatoms. The normalized spacial score (nSPS) is 16.6. The number of hydrogen-bond donors (Lipinski definition) is 0. The van der Waals surface area contributed by atoms with E-state index in [0.29, 0.717) is 0 Å². The molecule has 8 aromatic rings. The fourth-order valence-corrected chi connectivity index (χ4v) is 11.1. The largest absolute Gasteiger partial charge is 0.0614 e. The molecule has 1 fully saturated rings. The van der Waals surface area contributed by atoms with Gasteiger partial charge in [0.25, 0.3) is 0 Å². The minimum absolute atomic E-state index is 0.0804. The SMILES string of the molecule is c1cc2c3c(c1)ccc1c(-c4ccc5c(c4)C4(CCCCC4)c4cc(-c6ccc7c8c6ccc6cccc(c68)CC7)ccc4-5)ccc(c13)CC2. The lowest BCUT2D eigenvalue weighted by molar-refractivity contribution is 0.353. The summed E-state index contributed by atoms with van der Waals surface area (Å²) in [5.41, 5.74) is 17.7. The smallest absolute Gasteiger partial charge is 0.0215 e. The van der Waals surface area contributed by atoms with Gasteiger partial charge in [0.2, 0.25) is 0 Å². The molecular weight excluding hydrogens is 601 g/mol. The highest BCUT2D eigenvalue weighted by Gasteiger charge is 2.44. The average molecular weight is 639 g/mol.